The van der Waals surface area contributed by atoms with Gasteiger partial charge in [-0.15, -0.1) is 0 Å². The third-order valence-electron chi connectivity index (χ3n) is 5.08. The molecule has 12 heteroatoms. The van der Waals surface area contributed by atoms with E-state index in [0.717, 1.165) is 12.2 Å². The number of ether oxygens (including phenoxy) is 5. The SMILES string of the molecule is CCOc1ncccc1OCCOc1nccnc1N1CCNC2OC(=O)/C=C/C(=O)O[C@]21C. The zero-order valence-electron chi connectivity index (χ0n) is 18.8. The van der Waals surface area contributed by atoms with E-state index in [-0.39, 0.29) is 19.1 Å². The number of fused-ring (bicyclic) bond motifs is 1. The number of aromatic nitrogens is 3. The van der Waals surface area contributed by atoms with E-state index in [4.69, 9.17) is 23.7 Å². The number of esters is 2. The molecule has 0 bridgehead atoms. The molecule has 4 rings (SSSR count). The average Bonchev–Trinajstić information content (AvgIpc) is 2.83. The van der Waals surface area contributed by atoms with Crippen LogP contribution in [0.2, 0.25) is 0 Å². The van der Waals surface area contributed by atoms with Crippen LogP contribution in [0.15, 0.2) is 42.9 Å². The minimum atomic E-state index is -1.39. The number of nitrogens with one attached hydrogen (secondary N) is 1. The summed E-state index contributed by atoms with van der Waals surface area (Å²) in [6.45, 7) is 5.13. The highest BCUT2D eigenvalue weighted by Gasteiger charge is 2.50. The van der Waals surface area contributed by atoms with Crippen molar-refractivity contribution in [3.63, 3.8) is 0 Å². The van der Waals surface area contributed by atoms with Crippen LogP contribution in [-0.2, 0) is 19.1 Å². The molecule has 1 N–H and O–H groups in total. The number of rotatable bonds is 8. The Morgan fingerprint density at radius 3 is 2.68 bits per heavy atom. The summed E-state index contributed by atoms with van der Waals surface area (Å²) >= 11 is 0. The first-order valence-corrected chi connectivity index (χ1v) is 10.8. The van der Waals surface area contributed by atoms with Crippen LogP contribution in [0.3, 0.4) is 0 Å². The summed E-state index contributed by atoms with van der Waals surface area (Å²) in [5.74, 6) is 0.113. The average molecular weight is 471 g/mol. The van der Waals surface area contributed by atoms with Gasteiger partial charge >= 0.3 is 11.9 Å². The molecule has 2 atom stereocenters. The fourth-order valence-electron chi connectivity index (χ4n) is 3.59. The van der Waals surface area contributed by atoms with Gasteiger partial charge in [-0.25, -0.2) is 24.5 Å². The Kier molecular flexibility index (Phi) is 7.07. The maximum atomic E-state index is 12.3. The Morgan fingerprint density at radius 2 is 1.82 bits per heavy atom. The summed E-state index contributed by atoms with van der Waals surface area (Å²) in [5, 5.41) is 3.06. The second-order valence-corrected chi connectivity index (χ2v) is 7.35. The van der Waals surface area contributed by atoms with Gasteiger partial charge < -0.3 is 28.6 Å². The summed E-state index contributed by atoms with van der Waals surface area (Å²) in [6, 6.07) is 3.51. The molecule has 0 saturated carbocycles. The fourth-order valence-corrected chi connectivity index (χ4v) is 3.59. The predicted octanol–water partition coefficient (Wildman–Crippen LogP) is 0.836. The van der Waals surface area contributed by atoms with E-state index in [0.29, 0.717) is 37.1 Å². The van der Waals surface area contributed by atoms with Gasteiger partial charge in [0.1, 0.15) is 13.2 Å². The quantitative estimate of drug-likeness (QED) is 0.432. The Balaban J connectivity index is 1.49. The molecule has 1 saturated heterocycles. The minimum absolute atomic E-state index is 0.149. The maximum absolute atomic E-state index is 12.3. The highest BCUT2D eigenvalue weighted by Crippen LogP contribution is 2.35. The zero-order valence-corrected chi connectivity index (χ0v) is 18.8. The highest BCUT2D eigenvalue weighted by atomic mass is 16.6. The third kappa shape index (κ3) is 5.01. The van der Waals surface area contributed by atoms with Crippen molar-refractivity contribution in [2.24, 2.45) is 0 Å². The van der Waals surface area contributed by atoms with Crippen molar-refractivity contribution in [1.29, 1.82) is 0 Å². The lowest BCUT2D eigenvalue weighted by Crippen LogP contribution is -2.69. The largest absolute Gasteiger partial charge is 0.484 e. The summed E-state index contributed by atoms with van der Waals surface area (Å²) in [5.41, 5.74) is -1.39. The van der Waals surface area contributed by atoms with Crippen molar-refractivity contribution in [2.75, 3.05) is 37.8 Å². The van der Waals surface area contributed by atoms with Crippen molar-refractivity contribution in [3.8, 4) is 17.5 Å². The Labute approximate surface area is 195 Å². The summed E-state index contributed by atoms with van der Waals surface area (Å²) in [4.78, 5) is 38.8. The van der Waals surface area contributed by atoms with Gasteiger partial charge in [-0.2, -0.15) is 0 Å². The number of hydrogen-bond donors (Lipinski definition) is 1. The van der Waals surface area contributed by atoms with E-state index in [9.17, 15) is 9.59 Å². The van der Waals surface area contributed by atoms with E-state index < -0.39 is 23.9 Å². The van der Waals surface area contributed by atoms with E-state index in [1.807, 2.05) is 6.92 Å². The van der Waals surface area contributed by atoms with Crippen LogP contribution in [-0.4, -0.2) is 71.8 Å². The number of nitrogens with zero attached hydrogens (tertiary/aromatic N) is 4. The van der Waals surface area contributed by atoms with Gasteiger partial charge in [-0.1, -0.05) is 0 Å². The lowest BCUT2D eigenvalue weighted by Gasteiger charge is -2.48. The monoisotopic (exact) mass is 471 g/mol. The van der Waals surface area contributed by atoms with Crippen molar-refractivity contribution < 1.29 is 33.3 Å². The predicted molar refractivity (Wildman–Crippen MR) is 117 cm³/mol. The minimum Gasteiger partial charge on any atom is -0.484 e. The molecule has 1 fully saturated rings. The van der Waals surface area contributed by atoms with Crippen LogP contribution in [0.4, 0.5) is 5.82 Å². The Morgan fingerprint density at radius 1 is 1.06 bits per heavy atom. The summed E-state index contributed by atoms with van der Waals surface area (Å²) in [7, 11) is 0. The van der Waals surface area contributed by atoms with Crippen LogP contribution in [0, 0.1) is 0 Å². The molecule has 2 aliphatic rings. The van der Waals surface area contributed by atoms with E-state index >= 15 is 0 Å². The van der Waals surface area contributed by atoms with Gasteiger partial charge in [0.25, 0.3) is 11.8 Å². The molecule has 0 radical (unpaired) electrons. The number of carbonyl (C=O) groups excluding carboxylic acids is 2. The number of hydrogen-bond acceptors (Lipinski definition) is 12. The van der Waals surface area contributed by atoms with Crippen molar-refractivity contribution in [1.82, 2.24) is 20.3 Å². The van der Waals surface area contributed by atoms with Gasteiger partial charge in [0, 0.05) is 50.8 Å². The molecule has 180 valence electrons. The molecule has 0 aromatic carbocycles. The first-order valence-electron chi connectivity index (χ1n) is 10.8. The molecular weight excluding hydrogens is 446 g/mol. The Hall–Kier alpha value is -3.93. The van der Waals surface area contributed by atoms with Crippen LogP contribution in [0.5, 0.6) is 17.5 Å². The zero-order chi connectivity index (χ0) is 24.0. The van der Waals surface area contributed by atoms with Gasteiger partial charge in [-0.05, 0) is 19.1 Å². The maximum Gasteiger partial charge on any atom is 0.333 e. The first kappa shape index (κ1) is 23.2. The van der Waals surface area contributed by atoms with Crippen LogP contribution >= 0.6 is 0 Å². The molecule has 2 aliphatic heterocycles. The van der Waals surface area contributed by atoms with Gasteiger partial charge in [0.05, 0.1) is 6.61 Å². The lowest BCUT2D eigenvalue weighted by molar-refractivity contribution is -0.187. The van der Waals surface area contributed by atoms with Gasteiger partial charge in [0.2, 0.25) is 12.0 Å². The molecule has 34 heavy (non-hydrogen) atoms. The van der Waals surface area contributed by atoms with Crippen molar-refractivity contribution >= 4 is 17.8 Å². The van der Waals surface area contributed by atoms with Crippen LogP contribution < -0.4 is 24.4 Å². The molecule has 0 amide bonds. The van der Waals surface area contributed by atoms with E-state index in [2.05, 4.69) is 20.3 Å². The second-order valence-electron chi connectivity index (χ2n) is 7.35. The molecule has 12 nitrogen and oxygen atoms in total. The normalized spacial score (nSPS) is 23.0. The summed E-state index contributed by atoms with van der Waals surface area (Å²) < 4.78 is 28.1. The number of anilines is 1. The summed E-state index contributed by atoms with van der Waals surface area (Å²) in [6.07, 6.45) is 5.73. The molecule has 4 heterocycles. The molecule has 2 aromatic rings. The second kappa shape index (κ2) is 10.3. The molecule has 0 spiro atoms. The van der Waals surface area contributed by atoms with E-state index in [1.54, 1.807) is 30.2 Å². The van der Waals surface area contributed by atoms with Crippen LogP contribution in [0.25, 0.3) is 0 Å². The topological polar surface area (TPSA) is 134 Å². The van der Waals surface area contributed by atoms with Crippen LogP contribution in [0.1, 0.15) is 13.8 Å². The highest BCUT2D eigenvalue weighted by molar-refractivity contribution is 5.92. The molecule has 2 aromatic heterocycles. The third-order valence-corrected chi connectivity index (χ3v) is 5.08. The van der Waals surface area contributed by atoms with E-state index in [1.165, 1.54) is 12.4 Å². The van der Waals surface area contributed by atoms with Crippen molar-refractivity contribution in [3.05, 3.63) is 42.9 Å². The smallest absolute Gasteiger partial charge is 0.333 e. The first-order chi connectivity index (χ1) is 16.5. The van der Waals surface area contributed by atoms with Gasteiger partial charge in [0.15, 0.2) is 11.6 Å². The van der Waals surface area contributed by atoms with Gasteiger partial charge in [-0.3, -0.25) is 5.32 Å². The number of piperazine rings is 1. The number of carbonyl (C=O) groups is 2. The molecule has 0 aliphatic carbocycles. The number of pyridine rings is 1. The standard InChI is InChI=1S/C22H25N5O7/c1-3-30-19-15(5-4-8-24-19)31-13-14-32-20-18(23-9-10-25-20)27-12-11-26-21-22(27,2)34-17(29)7-6-16(28)33-21/h4-10,21,26H,3,11-14H2,1-2H3/b7-6+/t21?,22-/m1/s1. The van der Waals surface area contributed by atoms with Crippen molar-refractivity contribution in [2.45, 2.75) is 25.8 Å². The lowest BCUT2D eigenvalue weighted by atomic mass is 10.1. The Bertz CT molecular complexity index is 1070. The molecular formula is C22H25N5O7. The molecule has 1 unspecified atom stereocenters. The fraction of sp³-hybridized carbons (Fsp3) is 0.409.